The van der Waals surface area contributed by atoms with Crippen molar-refractivity contribution in [2.75, 3.05) is 31.1 Å². The van der Waals surface area contributed by atoms with Crippen LogP contribution in [0, 0.1) is 13.8 Å². The molecule has 1 aliphatic heterocycles. The molecule has 1 aromatic carbocycles. The quantitative estimate of drug-likeness (QED) is 0.494. The first-order valence-electron chi connectivity index (χ1n) is 10.4. The van der Waals surface area contributed by atoms with Gasteiger partial charge in [0.25, 0.3) is 5.91 Å². The number of thiazole rings is 1. The molecule has 4 heterocycles. The van der Waals surface area contributed by atoms with Gasteiger partial charge in [-0.05, 0) is 31.5 Å². The molecule has 1 aliphatic rings. The summed E-state index contributed by atoms with van der Waals surface area (Å²) >= 11 is 1.61. The van der Waals surface area contributed by atoms with Crippen molar-refractivity contribution in [2.24, 2.45) is 0 Å². The van der Waals surface area contributed by atoms with E-state index < -0.39 is 0 Å². The molecule has 7 nitrogen and oxygen atoms in total. The average Bonchev–Trinajstić information content (AvgIpc) is 3.35. The Labute approximate surface area is 185 Å². The molecular weight excluding hydrogens is 408 g/mol. The minimum atomic E-state index is 0.0694. The van der Waals surface area contributed by atoms with Crippen molar-refractivity contribution in [3.63, 3.8) is 0 Å². The number of anilines is 1. The summed E-state index contributed by atoms with van der Waals surface area (Å²) in [6.45, 7) is 7.45. The number of amides is 1. The van der Waals surface area contributed by atoms with E-state index in [9.17, 15) is 4.79 Å². The van der Waals surface area contributed by atoms with Gasteiger partial charge in [0.1, 0.15) is 10.3 Å². The van der Waals surface area contributed by atoms with Gasteiger partial charge in [-0.3, -0.25) is 9.48 Å². The number of benzene rings is 1. The van der Waals surface area contributed by atoms with Gasteiger partial charge in [0.2, 0.25) is 0 Å². The predicted octanol–water partition coefficient (Wildman–Crippen LogP) is 3.52. The Morgan fingerprint density at radius 3 is 2.55 bits per heavy atom. The number of pyridine rings is 1. The van der Waals surface area contributed by atoms with Gasteiger partial charge in [-0.2, -0.15) is 5.10 Å². The van der Waals surface area contributed by atoms with E-state index in [1.165, 1.54) is 5.56 Å². The minimum absolute atomic E-state index is 0.0694. The largest absolute Gasteiger partial charge is 0.344 e. The molecule has 0 unspecified atom stereocenters. The highest BCUT2D eigenvalue weighted by atomic mass is 32.1. The van der Waals surface area contributed by atoms with Gasteiger partial charge in [0, 0.05) is 38.1 Å². The van der Waals surface area contributed by atoms with Crippen LogP contribution in [-0.2, 0) is 6.54 Å². The van der Waals surface area contributed by atoms with Gasteiger partial charge in [-0.25, -0.2) is 9.97 Å². The number of fused-ring (bicyclic) bond motifs is 1. The third kappa shape index (κ3) is 3.79. The van der Waals surface area contributed by atoms with E-state index in [1.807, 2.05) is 53.8 Å². The van der Waals surface area contributed by atoms with Crippen molar-refractivity contribution in [3.8, 4) is 0 Å². The first kappa shape index (κ1) is 19.7. The Kier molecular flexibility index (Phi) is 5.15. The van der Waals surface area contributed by atoms with Crippen molar-refractivity contribution >= 4 is 32.7 Å². The number of aromatic nitrogens is 4. The van der Waals surface area contributed by atoms with Crippen molar-refractivity contribution in [3.05, 3.63) is 71.2 Å². The second kappa shape index (κ2) is 8.11. The summed E-state index contributed by atoms with van der Waals surface area (Å²) in [5.74, 6) is 0.0694. The highest BCUT2D eigenvalue weighted by Gasteiger charge is 2.28. The van der Waals surface area contributed by atoms with Gasteiger partial charge < -0.3 is 9.80 Å². The third-order valence-corrected chi connectivity index (χ3v) is 6.80. The Balaban J connectivity index is 1.29. The van der Waals surface area contributed by atoms with Crippen LogP contribution in [0.4, 0.5) is 5.13 Å². The number of rotatable bonds is 4. The maximum absolute atomic E-state index is 13.3. The smallest absolute Gasteiger partial charge is 0.257 e. The Bertz CT molecular complexity index is 1190. The Morgan fingerprint density at radius 1 is 1.03 bits per heavy atom. The Hall–Kier alpha value is -3.26. The number of hydrogen-bond donors (Lipinski definition) is 0. The molecule has 0 atom stereocenters. The van der Waals surface area contributed by atoms with E-state index in [4.69, 9.17) is 4.98 Å². The third-order valence-electron chi connectivity index (χ3n) is 5.76. The predicted molar refractivity (Wildman–Crippen MR) is 123 cm³/mol. The maximum Gasteiger partial charge on any atom is 0.257 e. The molecule has 1 amide bonds. The van der Waals surface area contributed by atoms with Crippen LogP contribution in [0.15, 0.2) is 48.7 Å². The van der Waals surface area contributed by atoms with Gasteiger partial charge >= 0.3 is 0 Å². The fourth-order valence-corrected chi connectivity index (χ4v) is 5.03. The zero-order chi connectivity index (χ0) is 21.4. The number of piperazine rings is 1. The van der Waals surface area contributed by atoms with E-state index in [2.05, 4.69) is 27.1 Å². The van der Waals surface area contributed by atoms with E-state index in [0.29, 0.717) is 19.6 Å². The van der Waals surface area contributed by atoms with Gasteiger partial charge in [0.15, 0.2) is 5.13 Å². The molecule has 0 N–H and O–H groups in total. The fourth-order valence-electron chi connectivity index (χ4n) is 4.07. The minimum Gasteiger partial charge on any atom is -0.344 e. The summed E-state index contributed by atoms with van der Waals surface area (Å²) < 4.78 is 1.93. The topological polar surface area (TPSA) is 67.2 Å². The highest BCUT2D eigenvalue weighted by molar-refractivity contribution is 7.21. The lowest BCUT2D eigenvalue weighted by molar-refractivity contribution is 0.0745. The standard InChI is InChI=1S/C23H24N6OS/c1-16-20(17(2)29(26-16)15-18-7-4-3-5-8-18)22(30)27-11-13-28(14-12-27)23-25-19-9-6-10-24-21(19)31-23/h3-10H,11-15H2,1-2H3. The lowest BCUT2D eigenvalue weighted by atomic mass is 10.1. The van der Waals surface area contributed by atoms with Crippen LogP contribution in [0.3, 0.4) is 0 Å². The van der Waals surface area contributed by atoms with Crippen LogP contribution >= 0.6 is 11.3 Å². The molecule has 0 saturated carbocycles. The maximum atomic E-state index is 13.3. The number of carbonyl (C=O) groups is 1. The molecule has 31 heavy (non-hydrogen) atoms. The SMILES string of the molecule is Cc1nn(Cc2ccccc2)c(C)c1C(=O)N1CCN(c2nc3cccnc3s2)CC1. The molecule has 8 heteroatoms. The van der Waals surface area contributed by atoms with E-state index in [-0.39, 0.29) is 5.91 Å². The first-order chi connectivity index (χ1) is 15.1. The summed E-state index contributed by atoms with van der Waals surface area (Å²) in [5.41, 5.74) is 4.54. The van der Waals surface area contributed by atoms with Gasteiger partial charge in [-0.15, -0.1) is 0 Å². The normalized spacial score (nSPS) is 14.4. The molecule has 1 fully saturated rings. The van der Waals surface area contributed by atoms with E-state index in [1.54, 1.807) is 17.5 Å². The lowest BCUT2D eigenvalue weighted by Crippen LogP contribution is -2.49. The van der Waals surface area contributed by atoms with Crippen molar-refractivity contribution in [2.45, 2.75) is 20.4 Å². The van der Waals surface area contributed by atoms with Crippen LogP contribution < -0.4 is 4.90 Å². The summed E-state index contributed by atoms with van der Waals surface area (Å²) in [4.78, 5) is 27.5. The molecule has 5 rings (SSSR count). The number of hydrogen-bond acceptors (Lipinski definition) is 6. The zero-order valence-electron chi connectivity index (χ0n) is 17.7. The number of nitrogens with zero attached hydrogens (tertiary/aromatic N) is 6. The number of carbonyl (C=O) groups excluding carboxylic acids is 1. The lowest BCUT2D eigenvalue weighted by Gasteiger charge is -2.34. The molecule has 0 bridgehead atoms. The van der Waals surface area contributed by atoms with E-state index in [0.717, 1.165) is 45.5 Å². The highest BCUT2D eigenvalue weighted by Crippen LogP contribution is 2.28. The molecule has 3 aromatic heterocycles. The molecular formula is C23H24N6OS. The summed E-state index contributed by atoms with van der Waals surface area (Å²) in [6, 6.07) is 14.1. The molecule has 4 aromatic rings. The molecule has 158 valence electrons. The molecule has 0 radical (unpaired) electrons. The fraction of sp³-hybridized carbons (Fsp3) is 0.304. The van der Waals surface area contributed by atoms with Crippen LogP contribution in [0.1, 0.15) is 27.3 Å². The van der Waals surface area contributed by atoms with Crippen LogP contribution in [0.2, 0.25) is 0 Å². The second-order valence-electron chi connectivity index (χ2n) is 7.79. The van der Waals surface area contributed by atoms with Crippen molar-refractivity contribution in [1.82, 2.24) is 24.6 Å². The monoisotopic (exact) mass is 432 g/mol. The summed E-state index contributed by atoms with van der Waals surface area (Å²) in [7, 11) is 0. The van der Waals surface area contributed by atoms with Crippen molar-refractivity contribution in [1.29, 1.82) is 0 Å². The van der Waals surface area contributed by atoms with Crippen LogP contribution in [0.25, 0.3) is 10.3 Å². The van der Waals surface area contributed by atoms with E-state index >= 15 is 0 Å². The van der Waals surface area contributed by atoms with Gasteiger partial charge in [0.05, 0.1) is 17.8 Å². The zero-order valence-corrected chi connectivity index (χ0v) is 18.5. The number of aryl methyl sites for hydroxylation is 1. The average molecular weight is 433 g/mol. The van der Waals surface area contributed by atoms with Gasteiger partial charge in [-0.1, -0.05) is 41.7 Å². The molecule has 1 saturated heterocycles. The Morgan fingerprint density at radius 2 is 1.81 bits per heavy atom. The molecule has 0 aliphatic carbocycles. The van der Waals surface area contributed by atoms with Crippen molar-refractivity contribution < 1.29 is 4.79 Å². The first-order valence-corrected chi connectivity index (χ1v) is 11.3. The molecule has 0 spiro atoms. The van der Waals surface area contributed by atoms with Crippen LogP contribution in [0.5, 0.6) is 0 Å². The van der Waals surface area contributed by atoms with Crippen LogP contribution in [-0.4, -0.2) is 56.7 Å². The second-order valence-corrected chi connectivity index (χ2v) is 8.75. The summed E-state index contributed by atoms with van der Waals surface area (Å²) in [6.07, 6.45) is 1.80. The summed E-state index contributed by atoms with van der Waals surface area (Å²) in [5, 5.41) is 5.63.